The molecule has 1 aromatic rings. The molecule has 0 amide bonds. The summed E-state index contributed by atoms with van der Waals surface area (Å²) in [6, 6.07) is 7.91. The van der Waals surface area contributed by atoms with Crippen molar-refractivity contribution in [3.05, 3.63) is 42.0 Å². The summed E-state index contributed by atoms with van der Waals surface area (Å²) < 4.78 is 5.29. The van der Waals surface area contributed by atoms with Gasteiger partial charge in [-0.2, -0.15) is 0 Å². The average Bonchev–Trinajstić information content (AvgIpc) is 2.29. The lowest BCUT2D eigenvalue weighted by Gasteiger charge is -2.08. The zero-order valence-corrected chi connectivity index (χ0v) is 8.73. The molecule has 0 saturated carbocycles. The fourth-order valence-corrected chi connectivity index (χ4v) is 1.13. The van der Waals surface area contributed by atoms with Gasteiger partial charge in [0.1, 0.15) is 0 Å². The minimum Gasteiger partial charge on any atom is -0.389 e. The van der Waals surface area contributed by atoms with Gasteiger partial charge in [-0.1, -0.05) is 36.9 Å². The molecule has 1 rings (SSSR count). The molecule has 1 aromatic carbocycles. The largest absolute Gasteiger partial charge is 0.389 e. The monoisotopic (exact) mass is 207 g/mol. The van der Waals surface area contributed by atoms with Crippen LogP contribution < -0.4 is 5.73 Å². The van der Waals surface area contributed by atoms with E-state index in [1.165, 1.54) is 0 Å². The van der Waals surface area contributed by atoms with Gasteiger partial charge in [-0.15, -0.1) is 0 Å². The Morgan fingerprint density at radius 3 is 2.60 bits per heavy atom. The first-order valence-corrected chi connectivity index (χ1v) is 4.93. The van der Waals surface area contributed by atoms with E-state index in [2.05, 4.69) is 6.58 Å². The van der Waals surface area contributed by atoms with Crippen LogP contribution in [0.3, 0.4) is 0 Å². The molecule has 15 heavy (non-hydrogen) atoms. The SMILES string of the molecule is C=Cc1ccc(COCC(O)CN)cc1. The highest BCUT2D eigenvalue weighted by molar-refractivity contribution is 5.47. The predicted octanol–water partition coefficient (Wildman–Crippen LogP) is 1.17. The van der Waals surface area contributed by atoms with Crippen molar-refractivity contribution in [3.63, 3.8) is 0 Å². The second-order valence-electron chi connectivity index (χ2n) is 3.35. The molecule has 0 aliphatic carbocycles. The molecule has 0 aromatic heterocycles. The number of nitrogens with two attached hydrogens (primary N) is 1. The first-order valence-electron chi connectivity index (χ1n) is 4.93. The topological polar surface area (TPSA) is 55.5 Å². The lowest BCUT2D eigenvalue weighted by Crippen LogP contribution is -2.24. The molecule has 3 heteroatoms. The highest BCUT2D eigenvalue weighted by Gasteiger charge is 2.00. The zero-order chi connectivity index (χ0) is 11.1. The third-order valence-electron chi connectivity index (χ3n) is 2.07. The van der Waals surface area contributed by atoms with E-state index in [0.717, 1.165) is 11.1 Å². The Morgan fingerprint density at radius 1 is 1.40 bits per heavy atom. The van der Waals surface area contributed by atoms with E-state index in [9.17, 15) is 0 Å². The van der Waals surface area contributed by atoms with E-state index in [1.807, 2.05) is 24.3 Å². The van der Waals surface area contributed by atoms with Crippen LogP contribution in [-0.4, -0.2) is 24.4 Å². The molecule has 0 aliphatic heterocycles. The highest BCUT2D eigenvalue weighted by atomic mass is 16.5. The minimum atomic E-state index is -0.572. The molecule has 0 fully saturated rings. The smallest absolute Gasteiger partial charge is 0.0895 e. The molecule has 0 aliphatic rings. The van der Waals surface area contributed by atoms with Gasteiger partial charge in [0.25, 0.3) is 0 Å². The highest BCUT2D eigenvalue weighted by Crippen LogP contribution is 2.06. The van der Waals surface area contributed by atoms with Crippen molar-refractivity contribution in [3.8, 4) is 0 Å². The van der Waals surface area contributed by atoms with Crippen LogP contribution in [0.1, 0.15) is 11.1 Å². The Balaban J connectivity index is 2.34. The quantitative estimate of drug-likeness (QED) is 0.736. The summed E-state index contributed by atoms with van der Waals surface area (Å²) in [5.41, 5.74) is 7.41. The molecule has 3 nitrogen and oxygen atoms in total. The van der Waals surface area contributed by atoms with E-state index >= 15 is 0 Å². The maximum absolute atomic E-state index is 9.15. The maximum Gasteiger partial charge on any atom is 0.0895 e. The third-order valence-corrected chi connectivity index (χ3v) is 2.07. The van der Waals surface area contributed by atoms with Gasteiger partial charge in [0.05, 0.1) is 19.3 Å². The van der Waals surface area contributed by atoms with Crippen molar-refractivity contribution < 1.29 is 9.84 Å². The van der Waals surface area contributed by atoms with Gasteiger partial charge >= 0.3 is 0 Å². The minimum absolute atomic E-state index is 0.232. The molecular formula is C12H17NO2. The summed E-state index contributed by atoms with van der Waals surface area (Å²) in [7, 11) is 0. The fraction of sp³-hybridized carbons (Fsp3) is 0.333. The maximum atomic E-state index is 9.15. The second kappa shape index (κ2) is 6.35. The number of ether oxygens (including phenoxy) is 1. The van der Waals surface area contributed by atoms with Gasteiger partial charge in [-0.25, -0.2) is 0 Å². The number of rotatable bonds is 6. The van der Waals surface area contributed by atoms with Crippen molar-refractivity contribution in [1.29, 1.82) is 0 Å². The Kier molecular flexibility index (Phi) is 5.04. The molecule has 1 atom stereocenters. The Morgan fingerprint density at radius 2 is 2.07 bits per heavy atom. The zero-order valence-electron chi connectivity index (χ0n) is 8.73. The summed E-state index contributed by atoms with van der Waals surface area (Å²) in [5, 5.41) is 9.15. The van der Waals surface area contributed by atoms with Crippen LogP contribution in [0.2, 0.25) is 0 Å². The molecule has 0 heterocycles. The summed E-state index contributed by atoms with van der Waals surface area (Å²) in [4.78, 5) is 0. The first kappa shape index (κ1) is 11.9. The molecule has 0 bridgehead atoms. The van der Waals surface area contributed by atoms with Gasteiger partial charge in [0, 0.05) is 6.54 Å². The number of benzene rings is 1. The van der Waals surface area contributed by atoms with Crippen LogP contribution in [0.15, 0.2) is 30.8 Å². The average molecular weight is 207 g/mol. The lowest BCUT2D eigenvalue weighted by molar-refractivity contribution is 0.0329. The summed E-state index contributed by atoms with van der Waals surface area (Å²) in [6.07, 6.45) is 1.22. The Bertz CT molecular complexity index is 295. The van der Waals surface area contributed by atoms with Gasteiger partial charge in [-0.05, 0) is 11.1 Å². The molecule has 82 valence electrons. The molecule has 3 N–H and O–H groups in total. The first-order chi connectivity index (χ1) is 7.26. The third kappa shape index (κ3) is 4.25. The molecular weight excluding hydrogens is 190 g/mol. The summed E-state index contributed by atoms with van der Waals surface area (Å²) in [5.74, 6) is 0. The number of aliphatic hydroxyl groups is 1. The van der Waals surface area contributed by atoms with Crippen molar-refractivity contribution in [2.45, 2.75) is 12.7 Å². The van der Waals surface area contributed by atoms with Crippen LogP contribution in [-0.2, 0) is 11.3 Å². The fourth-order valence-electron chi connectivity index (χ4n) is 1.13. The summed E-state index contributed by atoms with van der Waals surface area (Å²) in [6.45, 7) is 4.68. The van der Waals surface area contributed by atoms with Crippen molar-refractivity contribution in [2.24, 2.45) is 5.73 Å². The van der Waals surface area contributed by atoms with Crippen molar-refractivity contribution >= 4 is 6.08 Å². The van der Waals surface area contributed by atoms with E-state index in [0.29, 0.717) is 6.61 Å². The van der Waals surface area contributed by atoms with Gasteiger partial charge in [0.15, 0.2) is 0 Å². The van der Waals surface area contributed by atoms with Crippen LogP contribution in [0.25, 0.3) is 6.08 Å². The van der Waals surface area contributed by atoms with Crippen LogP contribution in [0, 0.1) is 0 Å². The van der Waals surface area contributed by atoms with Crippen LogP contribution in [0.5, 0.6) is 0 Å². The predicted molar refractivity (Wildman–Crippen MR) is 61.3 cm³/mol. The molecule has 0 spiro atoms. The Labute approximate surface area is 90.2 Å². The number of hydrogen-bond acceptors (Lipinski definition) is 3. The van der Waals surface area contributed by atoms with Gasteiger partial charge in [0.2, 0.25) is 0 Å². The van der Waals surface area contributed by atoms with Crippen molar-refractivity contribution in [1.82, 2.24) is 0 Å². The number of aliphatic hydroxyl groups excluding tert-OH is 1. The van der Waals surface area contributed by atoms with E-state index in [4.69, 9.17) is 15.6 Å². The summed E-state index contributed by atoms with van der Waals surface area (Å²) >= 11 is 0. The van der Waals surface area contributed by atoms with Gasteiger partial charge < -0.3 is 15.6 Å². The van der Waals surface area contributed by atoms with E-state index in [1.54, 1.807) is 6.08 Å². The normalized spacial score (nSPS) is 12.4. The van der Waals surface area contributed by atoms with Crippen LogP contribution in [0.4, 0.5) is 0 Å². The standard InChI is InChI=1S/C12H17NO2/c1-2-10-3-5-11(6-4-10)8-15-9-12(14)7-13/h2-6,12,14H,1,7-9,13H2. The number of hydrogen-bond donors (Lipinski definition) is 2. The van der Waals surface area contributed by atoms with Crippen molar-refractivity contribution in [2.75, 3.05) is 13.2 Å². The van der Waals surface area contributed by atoms with E-state index in [-0.39, 0.29) is 13.2 Å². The lowest BCUT2D eigenvalue weighted by atomic mass is 10.1. The van der Waals surface area contributed by atoms with E-state index < -0.39 is 6.10 Å². The molecule has 1 unspecified atom stereocenters. The molecule has 0 radical (unpaired) electrons. The van der Waals surface area contributed by atoms with Crippen LogP contribution >= 0.6 is 0 Å². The Hall–Kier alpha value is -1.16. The molecule has 0 saturated heterocycles. The second-order valence-corrected chi connectivity index (χ2v) is 3.35. The van der Waals surface area contributed by atoms with Gasteiger partial charge in [-0.3, -0.25) is 0 Å².